The number of nitrogens with zero attached hydrogens (tertiary/aromatic N) is 2. The van der Waals surface area contributed by atoms with Gasteiger partial charge in [-0.25, -0.2) is 13.6 Å². The molecular weight excluding hydrogens is 356 g/mol. The van der Waals surface area contributed by atoms with Crippen LogP contribution < -0.4 is 5.56 Å². The second kappa shape index (κ2) is 6.14. The lowest BCUT2D eigenvalue weighted by molar-refractivity contribution is -0.0475. The fourth-order valence-electron chi connectivity index (χ4n) is 3.93. The first-order chi connectivity index (χ1) is 12.7. The number of H-pyrrole nitrogens is 1. The molecule has 3 aromatic rings. The molecule has 0 spiro atoms. The van der Waals surface area contributed by atoms with Gasteiger partial charge >= 0.3 is 5.97 Å². The van der Waals surface area contributed by atoms with Gasteiger partial charge in [-0.3, -0.25) is 9.48 Å². The van der Waals surface area contributed by atoms with E-state index in [1.807, 2.05) is 0 Å². The van der Waals surface area contributed by atoms with E-state index in [1.54, 1.807) is 23.7 Å². The van der Waals surface area contributed by atoms with Gasteiger partial charge in [-0.1, -0.05) is 0 Å². The van der Waals surface area contributed by atoms with E-state index in [0.29, 0.717) is 46.8 Å². The molecule has 8 heteroatoms. The standard InChI is InChI=1S/C19H19F2N3O3/c1-10-6-15-13(7-12(10)18(26)27)16-14(17(25)23-15)8-22-24(16)9-11-2-4-19(20,21)5-3-11/h6-8,11H,2-5,9H2,1H3,(H,23,25)(H,26,27). The molecule has 1 aliphatic carbocycles. The van der Waals surface area contributed by atoms with Gasteiger partial charge in [0.2, 0.25) is 5.92 Å². The molecule has 0 radical (unpaired) electrons. The number of carboxylic acid groups (broad SMARTS) is 1. The summed E-state index contributed by atoms with van der Waals surface area (Å²) in [6.45, 7) is 2.10. The molecule has 0 bridgehead atoms. The number of pyridine rings is 1. The zero-order valence-electron chi connectivity index (χ0n) is 14.8. The van der Waals surface area contributed by atoms with Crippen molar-refractivity contribution in [3.8, 4) is 0 Å². The summed E-state index contributed by atoms with van der Waals surface area (Å²) in [5.74, 6) is -3.60. The first kappa shape index (κ1) is 17.6. The average molecular weight is 375 g/mol. The van der Waals surface area contributed by atoms with Crippen molar-refractivity contribution < 1.29 is 18.7 Å². The minimum absolute atomic E-state index is 0.0476. The van der Waals surface area contributed by atoms with Crippen LogP contribution in [0.15, 0.2) is 23.1 Å². The largest absolute Gasteiger partial charge is 0.478 e. The van der Waals surface area contributed by atoms with Crippen LogP contribution in [0.5, 0.6) is 0 Å². The van der Waals surface area contributed by atoms with Gasteiger partial charge in [-0.15, -0.1) is 0 Å². The first-order valence-electron chi connectivity index (χ1n) is 8.88. The fourth-order valence-corrected chi connectivity index (χ4v) is 3.93. The van der Waals surface area contributed by atoms with Gasteiger partial charge in [0, 0.05) is 24.8 Å². The fraction of sp³-hybridized carbons (Fsp3) is 0.421. The molecule has 0 unspecified atom stereocenters. The van der Waals surface area contributed by atoms with Crippen molar-refractivity contribution in [2.45, 2.75) is 45.1 Å². The molecule has 142 valence electrons. The summed E-state index contributed by atoms with van der Waals surface area (Å²) >= 11 is 0. The lowest BCUT2D eigenvalue weighted by Gasteiger charge is -2.28. The maximum Gasteiger partial charge on any atom is 0.335 e. The number of halogens is 2. The number of carbonyl (C=O) groups is 1. The number of rotatable bonds is 3. The van der Waals surface area contributed by atoms with Gasteiger partial charge in [-0.05, 0) is 43.4 Å². The second-order valence-corrected chi connectivity index (χ2v) is 7.36. The van der Waals surface area contributed by atoms with E-state index in [2.05, 4.69) is 10.1 Å². The second-order valence-electron chi connectivity index (χ2n) is 7.36. The van der Waals surface area contributed by atoms with Crippen LogP contribution >= 0.6 is 0 Å². The Kier molecular flexibility index (Phi) is 4.01. The van der Waals surface area contributed by atoms with E-state index in [4.69, 9.17) is 0 Å². The van der Waals surface area contributed by atoms with E-state index in [0.717, 1.165) is 0 Å². The molecule has 2 heterocycles. The Morgan fingerprint density at radius 2 is 2.04 bits per heavy atom. The van der Waals surface area contributed by atoms with Crippen LogP contribution in [-0.2, 0) is 6.54 Å². The summed E-state index contributed by atoms with van der Waals surface area (Å²) in [5, 5.41) is 14.7. The molecule has 1 aromatic carbocycles. The quantitative estimate of drug-likeness (QED) is 0.730. The zero-order valence-corrected chi connectivity index (χ0v) is 14.8. The summed E-state index contributed by atoms with van der Waals surface area (Å²) in [6, 6.07) is 3.18. The van der Waals surface area contributed by atoms with Crippen LogP contribution in [0.25, 0.3) is 21.8 Å². The molecule has 2 N–H and O–H groups in total. The van der Waals surface area contributed by atoms with Gasteiger partial charge in [-0.2, -0.15) is 5.10 Å². The van der Waals surface area contributed by atoms with Gasteiger partial charge in [0.1, 0.15) is 0 Å². The summed E-state index contributed by atoms with van der Waals surface area (Å²) in [4.78, 5) is 26.7. The molecule has 0 atom stereocenters. The normalized spacial score (nSPS) is 17.6. The first-order valence-corrected chi connectivity index (χ1v) is 8.88. The predicted molar refractivity (Wildman–Crippen MR) is 96.5 cm³/mol. The lowest BCUT2D eigenvalue weighted by atomic mass is 9.87. The molecule has 0 aliphatic heterocycles. The highest BCUT2D eigenvalue weighted by Crippen LogP contribution is 2.37. The molecular formula is C19H19F2N3O3. The summed E-state index contributed by atoms with van der Waals surface area (Å²) in [6.07, 6.45) is 1.97. The van der Waals surface area contributed by atoms with Crippen molar-refractivity contribution in [3.05, 3.63) is 39.8 Å². The van der Waals surface area contributed by atoms with Crippen LogP contribution in [0.1, 0.15) is 41.6 Å². The van der Waals surface area contributed by atoms with Crippen molar-refractivity contribution in [1.82, 2.24) is 14.8 Å². The van der Waals surface area contributed by atoms with E-state index in [-0.39, 0.29) is 29.9 Å². The van der Waals surface area contributed by atoms with Crippen LogP contribution in [0.3, 0.4) is 0 Å². The van der Waals surface area contributed by atoms with Crippen molar-refractivity contribution in [2.75, 3.05) is 0 Å². The number of hydrogen-bond acceptors (Lipinski definition) is 3. The molecule has 1 fully saturated rings. The molecule has 1 aliphatic rings. The van der Waals surface area contributed by atoms with Crippen LogP contribution in [0.2, 0.25) is 0 Å². The Bertz CT molecular complexity index is 1110. The number of aromatic carboxylic acids is 1. The van der Waals surface area contributed by atoms with Crippen molar-refractivity contribution in [1.29, 1.82) is 0 Å². The van der Waals surface area contributed by atoms with E-state index in [9.17, 15) is 23.5 Å². The van der Waals surface area contributed by atoms with Crippen LogP contribution in [-0.4, -0.2) is 31.8 Å². The highest BCUT2D eigenvalue weighted by molar-refractivity contribution is 6.06. The predicted octanol–water partition coefficient (Wildman–Crippen LogP) is 3.71. The highest BCUT2D eigenvalue weighted by Gasteiger charge is 2.35. The lowest BCUT2D eigenvalue weighted by Crippen LogP contribution is -2.27. The van der Waals surface area contributed by atoms with Crippen LogP contribution in [0, 0.1) is 12.8 Å². The number of alkyl halides is 2. The maximum atomic E-state index is 13.4. The third-order valence-corrected chi connectivity index (χ3v) is 5.45. The molecule has 0 saturated heterocycles. The molecule has 1 saturated carbocycles. The Balaban J connectivity index is 1.83. The van der Waals surface area contributed by atoms with E-state index in [1.165, 1.54) is 6.20 Å². The van der Waals surface area contributed by atoms with Crippen molar-refractivity contribution in [2.24, 2.45) is 5.92 Å². The number of benzene rings is 1. The van der Waals surface area contributed by atoms with Gasteiger partial charge in [0.15, 0.2) is 0 Å². The van der Waals surface area contributed by atoms with E-state index < -0.39 is 11.9 Å². The zero-order chi connectivity index (χ0) is 19.3. The number of aryl methyl sites for hydroxylation is 1. The number of aromatic amines is 1. The van der Waals surface area contributed by atoms with Gasteiger partial charge in [0.05, 0.1) is 28.2 Å². The number of carboxylic acids is 1. The molecule has 4 rings (SSSR count). The minimum Gasteiger partial charge on any atom is -0.478 e. The summed E-state index contributed by atoms with van der Waals surface area (Å²) in [7, 11) is 0. The third-order valence-electron chi connectivity index (χ3n) is 5.45. The Morgan fingerprint density at radius 1 is 1.33 bits per heavy atom. The summed E-state index contributed by atoms with van der Waals surface area (Å²) in [5.41, 5.74) is 1.48. The van der Waals surface area contributed by atoms with Crippen molar-refractivity contribution >= 4 is 27.8 Å². The Labute approximate surface area is 152 Å². The summed E-state index contributed by atoms with van der Waals surface area (Å²) < 4.78 is 28.5. The smallest absolute Gasteiger partial charge is 0.335 e. The molecule has 0 amide bonds. The molecule has 6 nitrogen and oxygen atoms in total. The Morgan fingerprint density at radius 3 is 2.70 bits per heavy atom. The monoisotopic (exact) mass is 375 g/mol. The third kappa shape index (κ3) is 3.09. The average Bonchev–Trinajstić information content (AvgIpc) is 3.01. The number of hydrogen-bond donors (Lipinski definition) is 2. The number of aromatic nitrogens is 3. The maximum absolute atomic E-state index is 13.4. The van der Waals surface area contributed by atoms with Gasteiger partial charge in [0.25, 0.3) is 5.56 Å². The Hall–Kier alpha value is -2.77. The molecule has 2 aromatic heterocycles. The molecule has 27 heavy (non-hydrogen) atoms. The number of nitrogens with one attached hydrogen (secondary N) is 1. The topological polar surface area (TPSA) is 88.0 Å². The van der Waals surface area contributed by atoms with Gasteiger partial charge < -0.3 is 10.1 Å². The highest BCUT2D eigenvalue weighted by atomic mass is 19.3. The van der Waals surface area contributed by atoms with E-state index >= 15 is 0 Å². The van der Waals surface area contributed by atoms with Crippen molar-refractivity contribution in [3.63, 3.8) is 0 Å². The number of fused-ring (bicyclic) bond motifs is 3. The SMILES string of the molecule is Cc1cc2[nH]c(=O)c3cnn(CC4CCC(F)(F)CC4)c3c2cc1C(=O)O. The van der Waals surface area contributed by atoms with Crippen LogP contribution in [0.4, 0.5) is 8.78 Å². The minimum atomic E-state index is -2.60.